The highest BCUT2D eigenvalue weighted by atomic mass is 16.5. The Hall–Kier alpha value is -1.62. The van der Waals surface area contributed by atoms with Crippen LogP contribution < -0.4 is 5.32 Å². The number of aromatic nitrogens is 1. The lowest BCUT2D eigenvalue weighted by Gasteiger charge is -2.28. The van der Waals surface area contributed by atoms with E-state index in [1.807, 2.05) is 6.92 Å². The Labute approximate surface area is 138 Å². The molecule has 2 rings (SSSR count). The van der Waals surface area contributed by atoms with Crippen LogP contribution in [0.5, 0.6) is 0 Å². The number of H-pyrrole nitrogens is 1. The number of carbonyl (C=O) groups is 2. The SMILES string of the molecule is COC(=O)c1c(C)[nH]c(C(=O)[C@@H](C)[NH2+][C@@H]2CCCC[C@@H]2C)c1C. The van der Waals surface area contributed by atoms with Gasteiger partial charge in [-0.25, -0.2) is 4.79 Å². The van der Waals surface area contributed by atoms with Crippen LogP contribution in [0.15, 0.2) is 0 Å². The van der Waals surface area contributed by atoms with Gasteiger partial charge in [-0.1, -0.05) is 13.3 Å². The maximum absolute atomic E-state index is 12.8. The molecule has 1 aromatic rings. The van der Waals surface area contributed by atoms with Crippen molar-refractivity contribution in [1.82, 2.24) is 4.98 Å². The van der Waals surface area contributed by atoms with Crippen LogP contribution in [0.25, 0.3) is 0 Å². The molecule has 0 saturated heterocycles. The second kappa shape index (κ2) is 7.30. The summed E-state index contributed by atoms with van der Waals surface area (Å²) >= 11 is 0. The molecule has 0 aromatic carbocycles. The van der Waals surface area contributed by atoms with Crippen molar-refractivity contribution in [3.05, 3.63) is 22.5 Å². The minimum Gasteiger partial charge on any atom is -0.465 e. The van der Waals surface area contributed by atoms with Gasteiger partial charge >= 0.3 is 5.97 Å². The lowest BCUT2D eigenvalue weighted by Crippen LogP contribution is -2.97. The van der Waals surface area contributed by atoms with Crippen LogP contribution in [0.4, 0.5) is 0 Å². The first kappa shape index (κ1) is 17.7. The molecule has 0 bridgehead atoms. The van der Waals surface area contributed by atoms with E-state index in [4.69, 9.17) is 4.74 Å². The number of hydrogen-bond acceptors (Lipinski definition) is 3. The first-order valence-electron chi connectivity index (χ1n) is 8.53. The van der Waals surface area contributed by atoms with E-state index < -0.39 is 5.97 Å². The summed E-state index contributed by atoms with van der Waals surface area (Å²) in [5, 5.41) is 2.21. The van der Waals surface area contributed by atoms with E-state index in [0.717, 1.165) is 0 Å². The smallest absolute Gasteiger partial charge is 0.339 e. The van der Waals surface area contributed by atoms with Crippen LogP contribution in [0.3, 0.4) is 0 Å². The standard InChI is InChI=1S/C18H28N2O3/c1-10-8-6-7-9-14(10)19-13(4)17(21)16-11(2)15(12(3)20-16)18(22)23-5/h10,13-14,19-20H,6-9H2,1-5H3/p+1/t10-,13+,14+/m0/s1. The molecule has 1 aromatic heterocycles. The fraction of sp³-hybridized carbons (Fsp3) is 0.667. The van der Waals surface area contributed by atoms with Crippen molar-refractivity contribution in [2.24, 2.45) is 5.92 Å². The molecule has 3 N–H and O–H groups in total. The fourth-order valence-electron chi connectivity index (χ4n) is 3.72. The second-order valence-corrected chi connectivity index (χ2v) is 6.89. The Morgan fingerprint density at radius 3 is 2.52 bits per heavy atom. The molecule has 5 heteroatoms. The van der Waals surface area contributed by atoms with Gasteiger partial charge in [0.25, 0.3) is 0 Å². The summed E-state index contributed by atoms with van der Waals surface area (Å²) in [5.41, 5.74) is 2.40. The molecular formula is C18H29N2O3+. The van der Waals surface area contributed by atoms with Crippen molar-refractivity contribution in [3.63, 3.8) is 0 Å². The third kappa shape index (κ3) is 3.66. The maximum Gasteiger partial charge on any atom is 0.339 e. The van der Waals surface area contributed by atoms with Crippen molar-refractivity contribution >= 4 is 11.8 Å². The van der Waals surface area contributed by atoms with Gasteiger partial charge in [-0.15, -0.1) is 0 Å². The monoisotopic (exact) mass is 321 g/mol. The summed E-state index contributed by atoms with van der Waals surface area (Å²) < 4.78 is 4.81. The third-order valence-electron chi connectivity index (χ3n) is 5.20. The summed E-state index contributed by atoms with van der Waals surface area (Å²) in [7, 11) is 1.36. The minimum atomic E-state index is -0.396. The van der Waals surface area contributed by atoms with E-state index >= 15 is 0 Å². The molecule has 0 radical (unpaired) electrons. The van der Waals surface area contributed by atoms with Crippen LogP contribution in [0, 0.1) is 19.8 Å². The van der Waals surface area contributed by atoms with Gasteiger partial charge in [0.1, 0.15) is 6.04 Å². The third-order valence-corrected chi connectivity index (χ3v) is 5.20. The van der Waals surface area contributed by atoms with Crippen LogP contribution in [-0.4, -0.2) is 35.9 Å². The summed E-state index contributed by atoms with van der Waals surface area (Å²) in [6.45, 7) is 7.83. The number of aryl methyl sites for hydroxylation is 1. The highest BCUT2D eigenvalue weighted by molar-refractivity contribution is 6.03. The van der Waals surface area contributed by atoms with Gasteiger partial charge in [0.15, 0.2) is 0 Å². The number of carbonyl (C=O) groups excluding carboxylic acids is 2. The number of rotatable bonds is 5. The Morgan fingerprint density at radius 2 is 1.91 bits per heavy atom. The number of methoxy groups -OCH3 is 1. The van der Waals surface area contributed by atoms with Gasteiger partial charge in [0.2, 0.25) is 5.78 Å². The highest BCUT2D eigenvalue weighted by Crippen LogP contribution is 2.22. The molecule has 1 aliphatic rings. The summed E-state index contributed by atoms with van der Waals surface area (Å²) in [5.74, 6) is 0.308. The Morgan fingerprint density at radius 1 is 1.26 bits per heavy atom. The van der Waals surface area contributed by atoms with E-state index in [1.54, 1.807) is 13.8 Å². The second-order valence-electron chi connectivity index (χ2n) is 6.89. The van der Waals surface area contributed by atoms with Gasteiger partial charge in [-0.2, -0.15) is 0 Å². The first-order chi connectivity index (χ1) is 10.9. The van der Waals surface area contributed by atoms with Crippen molar-refractivity contribution in [2.75, 3.05) is 7.11 Å². The summed E-state index contributed by atoms with van der Waals surface area (Å²) in [6, 6.07) is 0.363. The van der Waals surface area contributed by atoms with E-state index in [-0.39, 0.29) is 11.8 Å². The fourth-order valence-corrected chi connectivity index (χ4v) is 3.72. The molecule has 3 atom stereocenters. The van der Waals surface area contributed by atoms with Crippen molar-refractivity contribution in [3.8, 4) is 0 Å². The van der Waals surface area contributed by atoms with Gasteiger partial charge in [-0.3, -0.25) is 4.79 Å². The van der Waals surface area contributed by atoms with Crippen LogP contribution in [0.2, 0.25) is 0 Å². The molecule has 1 heterocycles. The molecule has 0 amide bonds. The van der Waals surface area contributed by atoms with Gasteiger partial charge in [0, 0.05) is 11.6 Å². The summed E-state index contributed by atoms with van der Waals surface area (Å²) in [6.07, 6.45) is 4.97. The highest BCUT2D eigenvalue weighted by Gasteiger charge is 2.31. The molecule has 0 unspecified atom stereocenters. The number of nitrogens with two attached hydrogens (primary N) is 1. The Bertz CT molecular complexity index is 591. The molecule has 1 saturated carbocycles. The molecule has 0 aliphatic heterocycles. The number of hydrogen-bond donors (Lipinski definition) is 2. The normalized spacial score (nSPS) is 22.7. The zero-order chi connectivity index (χ0) is 17.1. The zero-order valence-corrected chi connectivity index (χ0v) is 14.9. The van der Waals surface area contributed by atoms with Crippen LogP contribution in [-0.2, 0) is 4.74 Å². The van der Waals surface area contributed by atoms with Gasteiger partial charge < -0.3 is 15.0 Å². The van der Waals surface area contributed by atoms with E-state index in [1.165, 1.54) is 32.8 Å². The Balaban J connectivity index is 2.15. The average molecular weight is 321 g/mol. The first-order valence-corrected chi connectivity index (χ1v) is 8.53. The predicted molar refractivity (Wildman–Crippen MR) is 88.7 cm³/mol. The molecular weight excluding hydrogens is 292 g/mol. The largest absolute Gasteiger partial charge is 0.465 e. The predicted octanol–water partition coefficient (Wildman–Crippen LogP) is 2.13. The molecule has 1 fully saturated rings. The minimum absolute atomic E-state index is 0.0542. The van der Waals surface area contributed by atoms with Crippen molar-refractivity contribution < 1.29 is 19.6 Å². The van der Waals surface area contributed by atoms with Gasteiger partial charge in [0.05, 0.1) is 24.4 Å². The number of quaternary nitrogens is 1. The molecule has 0 spiro atoms. The number of aromatic amines is 1. The van der Waals surface area contributed by atoms with Crippen molar-refractivity contribution in [2.45, 2.75) is 65.5 Å². The quantitative estimate of drug-likeness (QED) is 0.644. The molecule has 23 heavy (non-hydrogen) atoms. The van der Waals surface area contributed by atoms with E-state index in [0.29, 0.717) is 34.5 Å². The number of ketones is 1. The lowest BCUT2D eigenvalue weighted by molar-refractivity contribution is -0.713. The van der Waals surface area contributed by atoms with E-state index in [2.05, 4.69) is 17.2 Å². The Kier molecular flexibility index (Phi) is 5.63. The number of nitrogens with one attached hydrogen (secondary N) is 1. The number of ether oxygens (including phenoxy) is 1. The number of esters is 1. The average Bonchev–Trinajstić information content (AvgIpc) is 2.82. The topological polar surface area (TPSA) is 75.8 Å². The van der Waals surface area contributed by atoms with Gasteiger partial charge in [-0.05, 0) is 45.6 Å². The molecule has 128 valence electrons. The molecule has 1 aliphatic carbocycles. The van der Waals surface area contributed by atoms with E-state index in [9.17, 15) is 9.59 Å². The zero-order valence-electron chi connectivity index (χ0n) is 14.9. The number of Topliss-reactive ketones (excluding diaryl/α,β-unsaturated/α-hetero) is 1. The van der Waals surface area contributed by atoms with Crippen molar-refractivity contribution in [1.29, 1.82) is 0 Å². The lowest BCUT2D eigenvalue weighted by atomic mass is 9.85. The maximum atomic E-state index is 12.8. The van der Waals surface area contributed by atoms with Crippen LogP contribution >= 0.6 is 0 Å². The summed E-state index contributed by atoms with van der Waals surface area (Å²) in [4.78, 5) is 27.8. The van der Waals surface area contributed by atoms with Crippen LogP contribution in [0.1, 0.15) is 71.6 Å². The molecule has 5 nitrogen and oxygen atoms in total.